The first-order valence-corrected chi connectivity index (χ1v) is 17.5. The van der Waals surface area contributed by atoms with Crippen molar-refractivity contribution in [2.24, 2.45) is 5.92 Å². The van der Waals surface area contributed by atoms with E-state index in [0.29, 0.717) is 37.2 Å². The summed E-state index contributed by atoms with van der Waals surface area (Å²) in [6.07, 6.45) is 27.3. The van der Waals surface area contributed by atoms with E-state index in [1.165, 1.54) is 25.7 Å². The first kappa shape index (κ1) is 31.3. The number of ether oxygens (including phenoxy) is 2. The average molecular weight is 602 g/mol. The lowest BCUT2D eigenvalue weighted by atomic mass is 9.49. The number of rotatable bonds is 16. The highest BCUT2D eigenvalue weighted by Gasteiger charge is 2.73. The van der Waals surface area contributed by atoms with Gasteiger partial charge < -0.3 is 14.6 Å². The van der Waals surface area contributed by atoms with Gasteiger partial charge in [-0.2, -0.15) is 0 Å². The van der Waals surface area contributed by atoms with Crippen LogP contribution in [0, 0.1) is 5.92 Å². The number of benzene rings is 1. The van der Waals surface area contributed by atoms with Crippen molar-refractivity contribution < 1.29 is 24.2 Å². The number of ketones is 1. The van der Waals surface area contributed by atoms with E-state index in [2.05, 4.69) is 54.3 Å². The van der Waals surface area contributed by atoms with Gasteiger partial charge in [0, 0.05) is 31.0 Å². The molecule has 0 radical (unpaired) electrons. The van der Waals surface area contributed by atoms with Crippen molar-refractivity contribution in [1.82, 2.24) is 4.90 Å². The molecular weight excluding hydrogens is 550 g/mol. The molecular formula is C38H51NO5. The lowest BCUT2D eigenvalue weighted by Gasteiger charge is -2.62. The monoisotopic (exact) mass is 601 g/mol. The topological polar surface area (TPSA) is 76.1 Å². The number of hydrogen-bond donors (Lipinski definition) is 1. The average Bonchev–Trinajstić information content (AvgIpc) is 3.76. The van der Waals surface area contributed by atoms with Gasteiger partial charge in [0.2, 0.25) is 0 Å². The smallest absolute Gasteiger partial charge is 0.311 e. The Morgan fingerprint density at radius 3 is 2.57 bits per heavy atom. The van der Waals surface area contributed by atoms with Crippen LogP contribution in [-0.2, 0) is 21.4 Å². The minimum absolute atomic E-state index is 0.000883. The molecule has 1 saturated heterocycles. The number of carbonyl (C=O) groups excluding carboxylic acids is 2. The first-order chi connectivity index (χ1) is 21.5. The van der Waals surface area contributed by atoms with Gasteiger partial charge in [-0.15, -0.1) is 0 Å². The van der Waals surface area contributed by atoms with E-state index in [-0.39, 0.29) is 17.8 Å². The maximum absolute atomic E-state index is 13.3. The Kier molecular flexibility index (Phi) is 9.77. The number of esters is 1. The second-order valence-corrected chi connectivity index (χ2v) is 13.8. The maximum Gasteiger partial charge on any atom is 0.311 e. The fourth-order valence-corrected chi connectivity index (χ4v) is 8.40. The minimum Gasteiger partial charge on any atom is -0.477 e. The van der Waals surface area contributed by atoms with Crippen LogP contribution in [0.4, 0.5) is 0 Å². The molecule has 2 bridgehead atoms. The molecule has 1 aromatic rings. The Labute approximate surface area is 263 Å². The lowest BCUT2D eigenvalue weighted by Crippen LogP contribution is -2.76. The lowest BCUT2D eigenvalue weighted by molar-refractivity contribution is -0.188. The molecule has 44 heavy (non-hydrogen) atoms. The summed E-state index contributed by atoms with van der Waals surface area (Å²) in [6, 6.07) is 3.90. The van der Waals surface area contributed by atoms with Gasteiger partial charge in [0.15, 0.2) is 23.4 Å². The zero-order chi connectivity index (χ0) is 30.6. The Balaban J connectivity index is 0.990. The molecule has 0 aromatic heterocycles. The summed E-state index contributed by atoms with van der Waals surface area (Å²) in [7, 11) is 0. The number of aliphatic hydroxyl groups is 1. The van der Waals surface area contributed by atoms with Crippen LogP contribution in [0.3, 0.4) is 0 Å². The van der Waals surface area contributed by atoms with Crippen molar-refractivity contribution in [3.63, 3.8) is 0 Å². The van der Waals surface area contributed by atoms with Gasteiger partial charge >= 0.3 is 5.97 Å². The Bertz CT molecular complexity index is 1290. The molecule has 2 aliphatic heterocycles. The van der Waals surface area contributed by atoms with Crippen LogP contribution in [0.1, 0.15) is 114 Å². The zero-order valence-electron chi connectivity index (χ0n) is 26.6. The summed E-state index contributed by atoms with van der Waals surface area (Å²) >= 11 is 0. The predicted octanol–water partition coefficient (Wildman–Crippen LogP) is 7.31. The summed E-state index contributed by atoms with van der Waals surface area (Å²) in [6.45, 7) is 4.05. The number of piperidine rings is 1. The second kappa shape index (κ2) is 13.7. The Morgan fingerprint density at radius 1 is 1.02 bits per heavy atom. The van der Waals surface area contributed by atoms with Crippen LogP contribution >= 0.6 is 0 Å². The molecule has 0 amide bonds. The van der Waals surface area contributed by atoms with Gasteiger partial charge in [-0.25, -0.2) is 0 Å². The fourth-order valence-electron chi connectivity index (χ4n) is 8.40. The van der Waals surface area contributed by atoms with Gasteiger partial charge in [0.05, 0.1) is 11.0 Å². The standard InChI is InChI=1S/C38H51NO5/c1-2-3-4-5-6-7-8-9-10-11-12-13-14-15-16-17-33(41)43-31-21-20-29-26-32-38(42)23-22-30(40)36-37(38,34(29)35(31)44-36)24-25-39(32)27-28-18-19-28/h3-4,6-7,9-10,20-21,28,32,36,42H,2,5,8,11-19,22-27H2,1H3/b4-3?,7-6-,10-9-/t32?,36-,37-,38+/m0/s1. The van der Waals surface area contributed by atoms with Gasteiger partial charge in [0.1, 0.15) is 0 Å². The molecule has 1 aromatic carbocycles. The van der Waals surface area contributed by atoms with Crippen LogP contribution in [-0.4, -0.2) is 52.6 Å². The largest absolute Gasteiger partial charge is 0.477 e. The van der Waals surface area contributed by atoms with Crippen LogP contribution < -0.4 is 9.47 Å². The molecule has 3 aliphatic carbocycles. The first-order valence-electron chi connectivity index (χ1n) is 17.5. The third-order valence-electron chi connectivity index (χ3n) is 10.8. The number of carbonyl (C=O) groups is 2. The molecule has 5 aliphatic rings. The quantitative estimate of drug-likeness (QED) is 0.0927. The molecule has 1 unspecified atom stereocenters. The molecule has 2 saturated carbocycles. The van der Waals surface area contributed by atoms with E-state index in [1.54, 1.807) is 0 Å². The molecule has 6 rings (SSSR count). The van der Waals surface area contributed by atoms with E-state index in [1.807, 2.05) is 6.07 Å². The van der Waals surface area contributed by atoms with Gasteiger partial charge in [-0.1, -0.05) is 68.7 Å². The third-order valence-corrected chi connectivity index (χ3v) is 10.8. The molecule has 4 atom stereocenters. The molecule has 6 heteroatoms. The second-order valence-electron chi connectivity index (χ2n) is 13.8. The van der Waals surface area contributed by atoms with Crippen LogP contribution in [0.25, 0.3) is 0 Å². The highest BCUT2D eigenvalue weighted by Crippen LogP contribution is 2.65. The maximum atomic E-state index is 13.3. The highest BCUT2D eigenvalue weighted by atomic mass is 16.6. The van der Waals surface area contributed by atoms with Gasteiger partial charge in [-0.05, 0) is 94.7 Å². The van der Waals surface area contributed by atoms with Crippen LogP contribution in [0.15, 0.2) is 48.6 Å². The van der Waals surface area contributed by atoms with Crippen molar-refractivity contribution >= 4 is 11.8 Å². The fraction of sp³-hybridized carbons (Fsp3) is 0.632. The van der Waals surface area contributed by atoms with Crippen molar-refractivity contribution in [1.29, 1.82) is 0 Å². The van der Waals surface area contributed by atoms with Crippen molar-refractivity contribution in [2.45, 2.75) is 133 Å². The number of hydrogen-bond acceptors (Lipinski definition) is 6. The molecule has 6 nitrogen and oxygen atoms in total. The normalized spacial score (nSPS) is 29.1. The van der Waals surface area contributed by atoms with E-state index >= 15 is 0 Å². The van der Waals surface area contributed by atoms with E-state index in [4.69, 9.17) is 9.47 Å². The predicted molar refractivity (Wildman–Crippen MR) is 173 cm³/mol. The van der Waals surface area contributed by atoms with Crippen molar-refractivity contribution in [2.75, 3.05) is 13.1 Å². The summed E-state index contributed by atoms with van der Waals surface area (Å²) in [5, 5.41) is 12.4. The number of likely N-dealkylation sites (tertiary alicyclic amines) is 1. The van der Waals surface area contributed by atoms with E-state index < -0.39 is 17.1 Å². The Morgan fingerprint density at radius 2 is 1.77 bits per heavy atom. The minimum atomic E-state index is -1.00. The number of unbranched alkanes of at least 4 members (excludes halogenated alkanes) is 5. The zero-order valence-corrected chi connectivity index (χ0v) is 26.6. The molecule has 1 N–H and O–H groups in total. The number of allylic oxidation sites excluding steroid dienone is 6. The Hall–Kier alpha value is -2.70. The SMILES string of the molecule is CCC=CC/C=C\C/C=C\CCCCCCCC(=O)Oc1ccc2c3c1O[C@H]1C(=O)CC[C@@]4(O)C(C2)N(CC2CC2)CC[C@]314. The molecule has 3 fully saturated rings. The molecule has 2 heterocycles. The summed E-state index contributed by atoms with van der Waals surface area (Å²) in [5.41, 5.74) is 0.340. The highest BCUT2D eigenvalue weighted by molar-refractivity contribution is 5.90. The van der Waals surface area contributed by atoms with Crippen molar-refractivity contribution in [3.05, 3.63) is 59.7 Å². The van der Waals surface area contributed by atoms with Gasteiger partial charge in [-0.3, -0.25) is 14.5 Å². The van der Waals surface area contributed by atoms with Crippen LogP contribution in [0.5, 0.6) is 11.5 Å². The van der Waals surface area contributed by atoms with Crippen molar-refractivity contribution in [3.8, 4) is 11.5 Å². The summed E-state index contributed by atoms with van der Waals surface area (Å²) < 4.78 is 12.3. The third kappa shape index (κ3) is 6.09. The van der Waals surface area contributed by atoms with Gasteiger partial charge in [0.25, 0.3) is 0 Å². The molecule has 1 spiro atoms. The number of nitrogens with zero attached hydrogens (tertiary/aromatic N) is 1. The summed E-state index contributed by atoms with van der Waals surface area (Å²) in [5.74, 6) is 1.48. The van der Waals surface area contributed by atoms with E-state index in [9.17, 15) is 14.7 Å². The number of Topliss-reactive ketones (excluding diaryl/α,β-unsaturated/α-hetero) is 1. The van der Waals surface area contributed by atoms with E-state index in [0.717, 1.165) is 81.5 Å². The molecule has 238 valence electrons. The van der Waals surface area contributed by atoms with Crippen LogP contribution in [0.2, 0.25) is 0 Å². The summed E-state index contributed by atoms with van der Waals surface area (Å²) in [4.78, 5) is 28.7.